The van der Waals surface area contributed by atoms with E-state index in [-0.39, 0.29) is 11.4 Å². The number of hydrogen-bond acceptors (Lipinski definition) is 6. The fourth-order valence-electron chi connectivity index (χ4n) is 1.69. The molecule has 1 aromatic rings. The quantitative estimate of drug-likeness (QED) is 0.453. The lowest BCUT2D eigenvalue weighted by Crippen LogP contribution is -2.35. The van der Waals surface area contributed by atoms with E-state index in [0.29, 0.717) is 17.9 Å². The highest BCUT2D eigenvalue weighted by molar-refractivity contribution is 7.89. The maximum absolute atomic E-state index is 12.0. The van der Waals surface area contributed by atoms with E-state index in [9.17, 15) is 13.2 Å². The molecule has 1 amide bonds. The van der Waals surface area contributed by atoms with Crippen LogP contribution in [0.3, 0.4) is 0 Å². The van der Waals surface area contributed by atoms with Gasteiger partial charge in [0.25, 0.3) is 0 Å². The summed E-state index contributed by atoms with van der Waals surface area (Å²) in [5.41, 5.74) is 5.82. The Morgan fingerprint density at radius 3 is 2.48 bits per heavy atom. The lowest BCUT2D eigenvalue weighted by atomic mass is 10.2. The van der Waals surface area contributed by atoms with Crippen LogP contribution >= 0.6 is 0 Å². The fourth-order valence-corrected chi connectivity index (χ4v) is 2.63. The summed E-state index contributed by atoms with van der Waals surface area (Å²) in [6.45, 7) is 5.92. The highest BCUT2D eigenvalue weighted by Crippen LogP contribution is 2.23. The predicted octanol–water partition coefficient (Wildman–Crippen LogP) is 1.11. The number of anilines is 2. The molecule has 23 heavy (non-hydrogen) atoms. The first kappa shape index (κ1) is 19.0. The minimum absolute atomic E-state index is 0.0530. The smallest absolute Gasteiger partial charge is 0.407 e. The molecule has 130 valence electrons. The van der Waals surface area contributed by atoms with Crippen LogP contribution in [0.4, 0.5) is 16.2 Å². The third kappa shape index (κ3) is 6.33. The van der Waals surface area contributed by atoms with E-state index < -0.39 is 21.7 Å². The zero-order valence-corrected chi connectivity index (χ0v) is 14.6. The second-order valence-corrected chi connectivity index (χ2v) is 7.67. The van der Waals surface area contributed by atoms with Gasteiger partial charge in [-0.1, -0.05) is 0 Å². The molecule has 0 unspecified atom stereocenters. The molecule has 8 nitrogen and oxygen atoms in total. The van der Waals surface area contributed by atoms with Crippen LogP contribution in [0.2, 0.25) is 0 Å². The Hall–Kier alpha value is -2.00. The fraction of sp³-hybridized carbons (Fsp3) is 0.500. The highest BCUT2D eigenvalue weighted by Gasteiger charge is 2.17. The predicted molar refractivity (Wildman–Crippen MR) is 89.8 cm³/mol. The topological polar surface area (TPSA) is 123 Å². The zero-order chi connectivity index (χ0) is 17.7. The second kappa shape index (κ2) is 7.51. The van der Waals surface area contributed by atoms with Gasteiger partial charge in [0.05, 0.1) is 5.69 Å². The van der Waals surface area contributed by atoms with Crippen LogP contribution in [0.15, 0.2) is 23.1 Å². The first-order chi connectivity index (χ1) is 10.5. The first-order valence-corrected chi connectivity index (χ1v) is 8.57. The number of alkyl carbamates (subject to hydrolysis) is 1. The van der Waals surface area contributed by atoms with Crippen LogP contribution in [0.1, 0.15) is 20.8 Å². The van der Waals surface area contributed by atoms with Gasteiger partial charge >= 0.3 is 6.09 Å². The van der Waals surface area contributed by atoms with Crippen molar-refractivity contribution in [2.24, 2.45) is 0 Å². The molecule has 0 aliphatic heterocycles. The first-order valence-electron chi connectivity index (χ1n) is 7.09. The summed E-state index contributed by atoms with van der Waals surface area (Å²) in [7, 11) is -2.31. The van der Waals surface area contributed by atoms with Crippen molar-refractivity contribution < 1.29 is 17.9 Å². The Kier molecular flexibility index (Phi) is 6.22. The molecule has 0 radical (unpaired) electrons. The highest BCUT2D eigenvalue weighted by atomic mass is 32.2. The molecule has 1 aromatic carbocycles. The van der Waals surface area contributed by atoms with E-state index in [2.05, 4.69) is 15.4 Å². The van der Waals surface area contributed by atoms with Crippen molar-refractivity contribution in [1.29, 1.82) is 0 Å². The standard InChI is InChI=1S/C14H24N4O4S/c1-14(2,3)22-13(19)18-8-7-17-11-6-5-10(15)9-12(11)23(20,21)16-4/h5-6,9,16-17H,7-8,15H2,1-4H3,(H,18,19). The molecule has 5 N–H and O–H groups in total. The number of rotatable bonds is 6. The van der Waals surface area contributed by atoms with Crippen LogP contribution in [-0.4, -0.2) is 40.2 Å². The van der Waals surface area contributed by atoms with E-state index in [1.165, 1.54) is 13.1 Å². The van der Waals surface area contributed by atoms with E-state index >= 15 is 0 Å². The van der Waals surface area contributed by atoms with Gasteiger partial charge in [0, 0.05) is 18.8 Å². The van der Waals surface area contributed by atoms with Crippen molar-refractivity contribution in [3.8, 4) is 0 Å². The number of hydrogen-bond donors (Lipinski definition) is 4. The van der Waals surface area contributed by atoms with Gasteiger partial charge in [-0.05, 0) is 46.0 Å². The minimum atomic E-state index is -3.63. The van der Waals surface area contributed by atoms with Crippen LogP contribution in [0.25, 0.3) is 0 Å². The summed E-state index contributed by atoms with van der Waals surface area (Å²) in [6, 6.07) is 4.54. The molecule has 1 rings (SSSR count). The average molecular weight is 344 g/mol. The lowest BCUT2D eigenvalue weighted by molar-refractivity contribution is 0.0530. The largest absolute Gasteiger partial charge is 0.444 e. The van der Waals surface area contributed by atoms with E-state index in [1.807, 2.05) is 0 Å². The van der Waals surface area contributed by atoms with Crippen LogP contribution in [0, 0.1) is 0 Å². The molecule has 0 heterocycles. The third-order valence-electron chi connectivity index (χ3n) is 2.67. The van der Waals surface area contributed by atoms with Gasteiger partial charge in [0.2, 0.25) is 10.0 Å². The molecular formula is C14H24N4O4S. The normalized spacial score (nSPS) is 11.8. The summed E-state index contributed by atoms with van der Waals surface area (Å²) >= 11 is 0. The average Bonchev–Trinajstić information content (AvgIpc) is 2.42. The van der Waals surface area contributed by atoms with Gasteiger partial charge in [-0.3, -0.25) is 0 Å². The van der Waals surface area contributed by atoms with Crippen molar-refractivity contribution in [3.63, 3.8) is 0 Å². The van der Waals surface area contributed by atoms with Gasteiger partial charge in [-0.2, -0.15) is 0 Å². The molecule has 0 aliphatic carbocycles. The molecule has 0 fully saturated rings. The summed E-state index contributed by atoms with van der Waals surface area (Å²) in [6.07, 6.45) is -0.528. The van der Waals surface area contributed by atoms with Gasteiger partial charge in [0.1, 0.15) is 10.5 Å². The maximum atomic E-state index is 12.0. The number of carbonyl (C=O) groups excluding carboxylic acids is 1. The Bertz CT molecular complexity index is 653. The zero-order valence-electron chi connectivity index (χ0n) is 13.8. The summed E-state index contributed by atoms with van der Waals surface area (Å²) in [4.78, 5) is 11.6. The SMILES string of the molecule is CNS(=O)(=O)c1cc(N)ccc1NCCNC(=O)OC(C)(C)C. The molecule has 0 saturated heterocycles. The minimum Gasteiger partial charge on any atom is -0.444 e. The number of nitrogens with two attached hydrogens (primary N) is 1. The summed E-state index contributed by atoms with van der Waals surface area (Å²) in [5, 5.41) is 5.53. The van der Waals surface area contributed by atoms with Crippen LogP contribution in [-0.2, 0) is 14.8 Å². The van der Waals surface area contributed by atoms with Crippen molar-refractivity contribution >= 4 is 27.5 Å². The number of nitrogens with one attached hydrogen (secondary N) is 3. The molecule has 0 spiro atoms. The Morgan fingerprint density at radius 2 is 1.91 bits per heavy atom. The molecule has 0 atom stereocenters. The molecular weight excluding hydrogens is 320 g/mol. The monoisotopic (exact) mass is 344 g/mol. The van der Waals surface area contributed by atoms with E-state index in [1.54, 1.807) is 32.9 Å². The van der Waals surface area contributed by atoms with E-state index in [0.717, 1.165) is 0 Å². The number of nitrogen functional groups attached to an aromatic ring is 1. The van der Waals surface area contributed by atoms with Gasteiger partial charge in [-0.25, -0.2) is 17.9 Å². The summed E-state index contributed by atoms with van der Waals surface area (Å²) in [5.74, 6) is 0. The second-order valence-electron chi connectivity index (χ2n) is 5.82. The molecule has 0 aliphatic rings. The van der Waals surface area contributed by atoms with Crippen molar-refractivity contribution in [2.45, 2.75) is 31.3 Å². The number of amides is 1. The molecule has 0 aromatic heterocycles. The van der Waals surface area contributed by atoms with E-state index in [4.69, 9.17) is 10.5 Å². The van der Waals surface area contributed by atoms with Crippen molar-refractivity contribution in [3.05, 3.63) is 18.2 Å². The maximum Gasteiger partial charge on any atom is 0.407 e. The third-order valence-corrected chi connectivity index (χ3v) is 4.13. The lowest BCUT2D eigenvalue weighted by Gasteiger charge is -2.20. The number of sulfonamides is 1. The number of carbonyl (C=O) groups is 1. The summed E-state index contributed by atoms with van der Waals surface area (Å²) < 4.78 is 31.3. The van der Waals surface area contributed by atoms with Gasteiger partial charge < -0.3 is 21.1 Å². The Labute approximate surface area is 136 Å². The molecule has 0 bridgehead atoms. The van der Waals surface area contributed by atoms with Gasteiger partial charge in [-0.15, -0.1) is 0 Å². The molecule has 0 saturated carbocycles. The number of ether oxygens (including phenoxy) is 1. The Balaban J connectivity index is 2.64. The number of benzene rings is 1. The van der Waals surface area contributed by atoms with Crippen LogP contribution in [0.5, 0.6) is 0 Å². The van der Waals surface area contributed by atoms with Gasteiger partial charge in [0.15, 0.2) is 0 Å². The van der Waals surface area contributed by atoms with Crippen LogP contribution < -0.4 is 21.1 Å². The molecule has 9 heteroatoms. The van der Waals surface area contributed by atoms with Crippen molar-refractivity contribution in [1.82, 2.24) is 10.0 Å². The Morgan fingerprint density at radius 1 is 1.26 bits per heavy atom. The van der Waals surface area contributed by atoms with Crippen molar-refractivity contribution in [2.75, 3.05) is 31.2 Å².